The van der Waals surface area contributed by atoms with Gasteiger partial charge in [0.2, 0.25) is 5.91 Å². The molecule has 27 heavy (non-hydrogen) atoms. The predicted molar refractivity (Wildman–Crippen MR) is 92.2 cm³/mol. The number of amides is 2. The highest BCUT2D eigenvalue weighted by molar-refractivity contribution is 5.98. The lowest BCUT2D eigenvalue weighted by Gasteiger charge is -2.19. The molecule has 2 aromatic rings. The molecule has 2 amide bonds. The molecule has 0 aliphatic heterocycles. The van der Waals surface area contributed by atoms with Gasteiger partial charge in [0.1, 0.15) is 6.04 Å². The molecular formula is C17H15N4O6-. The largest absolute Gasteiger partial charge is 0.550 e. The van der Waals surface area contributed by atoms with Gasteiger partial charge in [-0.05, 0) is 18.2 Å². The van der Waals surface area contributed by atoms with Crippen molar-refractivity contribution in [2.75, 3.05) is 5.32 Å². The second-order valence-electron chi connectivity index (χ2n) is 5.39. The summed E-state index contributed by atoms with van der Waals surface area (Å²) in [5.74, 6) is -2.90. The minimum Gasteiger partial charge on any atom is -0.550 e. The summed E-state index contributed by atoms with van der Waals surface area (Å²) in [6.45, 7) is 0. The van der Waals surface area contributed by atoms with Gasteiger partial charge in [0.15, 0.2) is 0 Å². The average Bonchev–Trinajstić information content (AvgIpc) is 2.65. The topological polar surface area (TPSA) is 154 Å². The van der Waals surface area contributed by atoms with Gasteiger partial charge in [0, 0.05) is 35.8 Å². The van der Waals surface area contributed by atoms with E-state index in [1.54, 1.807) is 18.2 Å². The molecule has 10 heteroatoms. The number of carboxylic acid groups (broad SMARTS) is 1. The zero-order valence-corrected chi connectivity index (χ0v) is 13.9. The lowest BCUT2D eigenvalue weighted by atomic mass is 10.2. The number of non-ortho nitro benzene ring substituents is 1. The molecule has 0 heterocycles. The number of hydrazine groups is 1. The van der Waals surface area contributed by atoms with Crippen LogP contribution in [0.3, 0.4) is 0 Å². The van der Waals surface area contributed by atoms with Crippen molar-refractivity contribution >= 4 is 29.2 Å². The van der Waals surface area contributed by atoms with Gasteiger partial charge < -0.3 is 15.2 Å². The molecular weight excluding hydrogens is 356 g/mol. The zero-order valence-electron chi connectivity index (χ0n) is 13.9. The Bertz CT molecular complexity index is 856. The van der Waals surface area contributed by atoms with E-state index in [0.29, 0.717) is 5.56 Å². The van der Waals surface area contributed by atoms with Gasteiger partial charge in [-0.2, -0.15) is 0 Å². The maximum absolute atomic E-state index is 12.3. The summed E-state index contributed by atoms with van der Waals surface area (Å²) in [6.07, 6.45) is -0.726. The molecule has 0 saturated heterocycles. The Hall–Kier alpha value is -3.79. The fraction of sp³-hybridized carbons (Fsp3) is 0.118. The van der Waals surface area contributed by atoms with Crippen molar-refractivity contribution in [3.63, 3.8) is 0 Å². The molecule has 0 fully saturated rings. The van der Waals surface area contributed by atoms with Crippen LogP contribution in [-0.2, 0) is 9.59 Å². The van der Waals surface area contributed by atoms with E-state index in [9.17, 15) is 29.6 Å². The molecule has 0 radical (unpaired) electrons. The highest BCUT2D eigenvalue weighted by Gasteiger charge is 2.20. The molecule has 2 rings (SSSR count). The third kappa shape index (κ3) is 5.90. The first-order chi connectivity index (χ1) is 12.9. The van der Waals surface area contributed by atoms with Gasteiger partial charge in [-0.1, -0.05) is 24.3 Å². The number of rotatable bonds is 8. The molecule has 1 atom stereocenters. The van der Waals surface area contributed by atoms with Crippen LogP contribution in [0.15, 0.2) is 54.6 Å². The first-order valence-corrected chi connectivity index (χ1v) is 7.73. The number of aliphatic carboxylic acids is 1. The quantitative estimate of drug-likeness (QED) is 0.435. The average molecular weight is 371 g/mol. The standard InChI is InChI=1S/C17H16N4O6/c22-15(23)10-14(19-20-16(24)11-5-2-1-3-6-11)17(25)18-12-7-4-8-13(9-12)21(26)27/h1-9,14,19H,10H2,(H,18,25)(H,20,24)(H,22,23)/p-1/t14-/m0/s1. The number of carboxylic acids is 1. The van der Waals surface area contributed by atoms with Crippen molar-refractivity contribution in [2.45, 2.75) is 12.5 Å². The number of hydrogen-bond acceptors (Lipinski definition) is 7. The van der Waals surface area contributed by atoms with Crippen LogP contribution in [0.1, 0.15) is 16.8 Å². The summed E-state index contributed by atoms with van der Waals surface area (Å²) in [6, 6.07) is 11.9. The third-order valence-electron chi connectivity index (χ3n) is 3.41. The SMILES string of the molecule is O=C([O-])C[C@H](NNC(=O)c1ccccc1)C(=O)Nc1cccc([N+](=O)[O-])c1. The van der Waals surface area contributed by atoms with Crippen LogP contribution < -0.4 is 21.3 Å². The fourth-order valence-corrected chi connectivity index (χ4v) is 2.12. The molecule has 0 unspecified atom stereocenters. The molecule has 2 aromatic carbocycles. The van der Waals surface area contributed by atoms with Crippen LogP contribution in [-0.4, -0.2) is 28.7 Å². The monoisotopic (exact) mass is 371 g/mol. The van der Waals surface area contributed by atoms with Gasteiger partial charge in [0.25, 0.3) is 11.6 Å². The number of carbonyl (C=O) groups is 3. The van der Waals surface area contributed by atoms with Crippen LogP contribution in [0.4, 0.5) is 11.4 Å². The minimum absolute atomic E-state index is 0.105. The molecule has 10 nitrogen and oxygen atoms in total. The number of hydrogen-bond donors (Lipinski definition) is 3. The summed E-state index contributed by atoms with van der Waals surface area (Å²) < 4.78 is 0. The number of carbonyl (C=O) groups excluding carboxylic acids is 3. The smallest absolute Gasteiger partial charge is 0.271 e. The Balaban J connectivity index is 2.05. The van der Waals surface area contributed by atoms with Crippen LogP contribution in [0.25, 0.3) is 0 Å². The minimum atomic E-state index is -1.52. The number of nitrogens with zero attached hydrogens (tertiary/aromatic N) is 1. The van der Waals surface area contributed by atoms with Crippen LogP contribution >= 0.6 is 0 Å². The molecule has 0 saturated carbocycles. The van der Waals surface area contributed by atoms with Crippen LogP contribution in [0, 0.1) is 10.1 Å². The van der Waals surface area contributed by atoms with E-state index in [0.717, 1.165) is 6.07 Å². The van der Waals surface area contributed by atoms with Crippen molar-refractivity contribution in [3.8, 4) is 0 Å². The van der Waals surface area contributed by atoms with E-state index in [2.05, 4.69) is 16.2 Å². The van der Waals surface area contributed by atoms with Crippen LogP contribution in [0.5, 0.6) is 0 Å². The van der Waals surface area contributed by atoms with Gasteiger partial charge in [-0.3, -0.25) is 25.1 Å². The van der Waals surface area contributed by atoms with Gasteiger partial charge in [-0.25, -0.2) is 5.43 Å². The molecule has 0 spiro atoms. The first-order valence-electron chi connectivity index (χ1n) is 7.73. The maximum atomic E-state index is 12.3. The summed E-state index contributed by atoms with van der Waals surface area (Å²) in [5, 5.41) is 24.0. The van der Waals surface area contributed by atoms with Crippen molar-refractivity contribution in [2.24, 2.45) is 0 Å². The molecule has 3 N–H and O–H groups in total. The molecule has 0 aromatic heterocycles. The van der Waals surface area contributed by atoms with E-state index in [1.807, 2.05) is 0 Å². The fourth-order valence-electron chi connectivity index (χ4n) is 2.12. The summed E-state index contributed by atoms with van der Waals surface area (Å²) in [7, 11) is 0. The van der Waals surface area contributed by atoms with E-state index < -0.39 is 35.2 Å². The Kier molecular flexibility index (Phi) is 6.55. The Morgan fingerprint density at radius 3 is 2.37 bits per heavy atom. The second kappa shape index (κ2) is 9.06. The van der Waals surface area contributed by atoms with Crippen molar-refractivity contribution < 1.29 is 24.4 Å². The number of nitrogens with one attached hydrogen (secondary N) is 3. The number of benzene rings is 2. The summed E-state index contributed by atoms with van der Waals surface area (Å²) in [5.41, 5.74) is 4.76. The van der Waals surface area contributed by atoms with Gasteiger partial charge in [0.05, 0.1) is 4.92 Å². The lowest BCUT2D eigenvalue weighted by Crippen LogP contribution is -2.52. The Morgan fingerprint density at radius 2 is 1.74 bits per heavy atom. The highest BCUT2D eigenvalue weighted by atomic mass is 16.6. The summed E-state index contributed by atoms with van der Waals surface area (Å²) in [4.78, 5) is 45.3. The van der Waals surface area contributed by atoms with E-state index >= 15 is 0 Å². The second-order valence-corrected chi connectivity index (χ2v) is 5.39. The Morgan fingerprint density at radius 1 is 1.04 bits per heavy atom. The Labute approximate surface area is 153 Å². The first kappa shape index (κ1) is 19.5. The lowest BCUT2D eigenvalue weighted by molar-refractivity contribution is -0.384. The highest BCUT2D eigenvalue weighted by Crippen LogP contribution is 2.17. The number of nitro groups is 1. The van der Waals surface area contributed by atoms with E-state index in [1.165, 1.54) is 30.3 Å². The number of nitro benzene ring substituents is 1. The van der Waals surface area contributed by atoms with E-state index in [-0.39, 0.29) is 11.4 Å². The third-order valence-corrected chi connectivity index (χ3v) is 3.41. The van der Waals surface area contributed by atoms with Crippen LogP contribution in [0.2, 0.25) is 0 Å². The maximum Gasteiger partial charge on any atom is 0.271 e. The van der Waals surface area contributed by atoms with Gasteiger partial charge in [-0.15, -0.1) is 0 Å². The normalized spacial score (nSPS) is 11.3. The van der Waals surface area contributed by atoms with E-state index in [4.69, 9.17) is 0 Å². The molecule has 0 aliphatic rings. The summed E-state index contributed by atoms with van der Waals surface area (Å²) >= 11 is 0. The molecule has 140 valence electrons. The molecule has 0 bridgehead atoms. The predicted octanol–water partition coefficient (Wildman–Crippen LogP) is -0.0235. The van der Waals surface area contributed by atoms with Crippen molar-refractivity contribution in [1.29, 1.82) is 0 Å². The van der Waals surface area contributed by atoms with Gasteiger partial charge >= 0.3 is 0 Å². The molecule has 0 aliphatic carbocycles. The van der Waals surface area contributed by atoms with Crippen molar-refractivity contribution in [3.05, 3.63) is 70.3 Å². The van der Waals surface area contributed by atoms with Crippen molar-refractivity contribution in [1.82, 2.24) is 10.9 Å². The number of anilines is 1. The zero-order chi connectivity index (χ0) is 19.8.